The zero-order valence-corrected chi connectivity index (χ0v) is 13.2. The molecule has 1 amide bonds. The van der Waals surface area contributed by atoms with Crippen molar-refractivity contribution in [1.29, 1.82) is 0 Å². The van der Waals surface area contributed by atoms with Gasteiger partial charge in [-0.2, -0.15) is 0 Å². The van der Waals surface area contributed by atoms with Crippen LogP contribution in [0, 0.1) is 11.3 Å². The molecule has 1 aliphatic carbocycles. The summed E-state index contributed by atoms with van der Waals surface area (Å²) in [4.78, 5) is 12.4. The third-order valence-electron chi connectivity index (χ3n) is 4.01. The van der Waals surface area contributed by atoms with Crippen LogP contribution in [0.2, 0.25) is 0 Å². The Morgan fingerprint density at radius 3 is 2.79 bits per heavy atom. The van der Waals surface area contributed by atoms with Gasteiger partial charge in [0.2, 0.25) is 5.91 Å². The molecule has 0 saturated heterocycles. The SMILES string of the molecule is COc1ccc(Br)c(NC(=O)C2CCCC2(C)C)c1. The molecular formula is C15H20BrNO2. The minimum atomic E-state index is 0.0885. The number of carbonyl (C=O) groups excluding carboxylic acids is 1. The van der Waals surface area contributed by atoms with Gasteiger partial charge in [-0.15, -0.1) is 0 Å². The van der Waals surface area contributed by atoms with Gasteiger partial charge in [-0.3, -0.25) is 4.79 Å². The van der Waals surface area contributed by atoms with E-state index in [2.05, 4.69) is 35.1 Å². The largest absolute Gasteiger partial charge is 0.497 e. The van der Waals surface area contributed by atoms with E-state index in [-0.39, 0.29) is 17.2 Å². The molecule has 2 rings (SSSR count). The molecule has 0 aromatic heterocycles. The molecule has 1 atom stereocenters. The first-order valence-electron chi connectivity index (χ1n) is 6.58. The monoisotopic (exact) mass is 325 g/mol. The number of hydrogen-bond acceptors (Lipinski definition) is 2. The van der Waals surface area contributed by atoms with E-state index in [1.54, 1.807) is 7.11 Å². The summed E-state index contributed by atoms with van der Waals surface area (Å²) in [5, 5.41) is 3.02. The van der Waals surface area contributed by atoms with Crippen molar-refractivity contribution in [3.63, 3.8) is 0 Å². The fraction of sp³-hybridized carbons (Fsp3) is 0.533. The van der Waals surface area contributed by atoms with Crippen molar-refractivity contribution in [3.05, 3.63) is 22.7 Å². The summed E-state index contributed by atoms with van der Waals surface area (Å²) in [6.07, 6.45) is 3.22. The van der Waals surface area contributed by atoms with Crippen molar-refractivity contribution in [1.82, 2.24) is 0 Å². The van der Waals surface area contributed by atoms with Crippen molar-refractivity contribution in [2.24, 2.45) is 11.3 Å². The number of amides is 1. The highest BCUT2D eigenvalue weighted by atomic mass is 79.9. The number of rotatable bonds is 3. The molecule has 3 nitrogen and oxygen atoms in total. The van der Waals surface area contributed by atoms with Gasteiger partial charge in [0.1, 0.15) is 5.75 Å². The first-order valence-corrected chi connectivity index (χ1v) is 7.38. The molecule has 4 heteroatoms. The average molecular weight is 326 g/mol. The Kier molecular flexibility index (Phi) is 4.19. The molecule has 1 aliphatic rings. The molecule has 0 heterocycles. The minimum absolute atomic E-state index is 0.0885. The number of methoxy groups -OCH3 is 1. The number of ether oxygens (including phenoxy) is 1. The van der Waals surface area contributed by atoms with Gasteiger partial charge >= 0.3 is 0 Å². The van der Waals surface area contributed by atoms with Gasteiger partial charge in [0.15, 0.2) is 0 Å². The second-order valence-electron chi connectivity index (χ2n) is 5.77. The molecule has 1 N–H and O–H groups in total. The molecule has 0 spiro atoms. The average Bonchev–Trinajstić information content (AvgIpc) is 2.71. The molecule has 19 heavy (non-hydrogen) atoms. The molecule has 1 aromatic carbocycles. The van der Waals surface area contributed by atoms with Crippen molar-refractivity contribution in [2.45, 2.75) is 33.1 Å². The van der Waals surface area contributed by atoms with Gasteiger partial charge in [0.05, 0.1) is 12.8 Å². The Morgan fingerprint density at radius 2 is 2.21 bits per heavy atom. The van der Waals surface area contributed by atoms with Crippen LogP contribution in [0.4, 0.5) is 5.69 Å². The van der Waals surface area contributed by atoms with Gasteiger partial charge < -0.3 is 10.1 Å². The maximum Gasteiger partial charge on any atom is 0.228 e. The number of benzene rings is 1. The summed E-state index contributed by atoms with van der Waals surface area (Å²) in [5.74, 6) is 0.936. The van der Waals surface area contributed by atoms with Crippen LogP contribution in [0.1, 0.15) is 33.1 Å². The van der Waals surface area contributed by atoms with Crippen LogP contribution in [0.5, 0.6) is 5.75 Å². The van der Waals surface area contributed by atoms with Gasteiger partial charge in [-0.25, -0.2) is 0 Å². The van der Waals surface area contributed by atoms with Crippen LogP contribution in [0.3, 0.4) is 0 Å². The molecular weight excluding hydrogens is 306 g/mol. The Labute approximate surface area is 122 Å². The summed E-state index contributed by atoms with van der Waals surface area (Å²) < 4.78 is 6.06. The summed E-state index contributed by atoms with van der Waals surface area (Å²) >= 11 is 3.45. The van der Waals surface area contributed by atoms with Crippen LogP contribution in [0.15, 0.2) is 22.7 Å². The minimum Gasteiger partial charge on any atom is -0.497 e. The summed E-state index contributed by atoms with van der Waals surface area (Å²) in [6, 6.07) is 5.58. The molecule has 1 saturated carbocycles. The van der Waals surface area contributed by atoms with Crippen molar-refractivity contribution in [3.8, 4) is 5.75 Å². The predicted molar refractivity (Wildman–Crippen MR) is 80.4 cm³/mol. The smallest absolute Gasteiger partial charge is 0.228 e. The Morgan fingerprint density at radius 1 is 1.47 bits per heavy atom. The fourth-order valence-corrected chi connectivity index (χ4v) is 3.11. The molecule has 0 radical (unpaired) electrons. The van der Waals surface area contributed by atoms with E-state index in [0.29, 0.717) is 0 Å². The van der Waals surface area contributed by atoms with Gasteiger partial charge in [-0.1, -0.05) is 20.3 Å². The van der Waals surface area contributed by atoms with Crippen LogP contribution < -0.4 is 10.1 Å². The lowest BCUT2D eigenvalue weighted by Crippen LogP contribution is -2.30. The summed E-state index contributed by atoms with van der Waals surface area (Å²) in [7, 11) is 1.62. The second kappa shape index (κ2) is 5.53. The van der Waals surface area contributed by atoms with E-state index in [9.17, 15) is 4.79 Å². The lowest BCUT2D eigenvalue weighted by Gasteiger charge is -2.26. The first kappa shape index (κ1) is 14.4. The van der Waals surface area contributed by atoms with Crippen molar-refractivity contribution >= 4 is 27.5 Å². The van der Waals surface area contributed by atoms with E-state index >= 15 is 0 Å². The maximum atomic E-state index is 12.4. The zero-order chi connectivity index (χ0) is 14.0. The summed E-state index contributed by atoms with van der Waals surface area (Å²) in [6.45, 7) is 4.34. The Balaban J connectivity index is 2.15. The predicted octanol–water partition coefficient (Wildman–Crippen LogP) is 4.22. The summed E-state index contributed by atoms with van der Waals surface area (Å²) in [5.41, 5.74) is 0.863. The first-order chi connectivity index (χ1) is 8.94. The van der Waals surface area contributed by atoms with Crippen molar-refractivity contribution < 1.29 is 9.53 Å². The third-order valence-corrected chi connectivity index (χ3v) is 4.70. The molecule has 1 fully saturated rings. The zero-order valence-electron chi connectivity index (χ0n) is 11.6. The highest BCUT2D eigenvalue weighted by Crippen LogP contribution is 2.43. The Bertz CT molecular complexity index is 485. The number of halogens is 1. The van der Waals surface area contributed by atoms with Crippen LogP contribution in [-0.4, -0.2) is 13.0 Å². The number of carbonyl (C=O) groups is 1. The highest BCUT2D eigenvalue weighted by molar-refractivity contribution is 9.10. The van der Waals surface area contributed by atoms with Crippen LogP contribution in [0.25, 0.3) is 0 Å². The van der Waals surface area contributed by atoms with E-state index in [1.165, 1.54) is 0 Å². The van der Waals surface area contributed by atoms with Crippen LogP contribution in [-0.2, 0) is 4.79 Å². The van der Waals surface area contributed by atoms with Gasteiger partial charge in [0.25, 0.3) is 0 Å². The van der Waals surface area contributed by atoms with E-state index in [1.807, 2.05) is 18.2 Å². The van der Waals surface area contributed by atoms with Gasteiger partial charge in [-0.05, 0) is 46.3 Å². The maximum absolute atomic E-state index is 12.4. The quantitative estimate of drug-likeness (QED) is 0.903. The van der Waals surface area contributed by atoms with E-state index < -0.39 is 0 Å². The van der Waals surface area contributed by atoms with Crippen molar-refractivity contribution in [2.75, 3.05) is 12.4 Å². The lowest BCUT2D eigenvalue weighted by molar-refractivity contribution is -0.122. The molecule has 1 aromatic rings. The number of anilines is 1. The molecule has 0 bridgehead atoms. The van der Waals surface area contributed by atoms with Gasteiger partial charge in [0, 0.05) is 16.5 Å². The molecule has 0 aliphatic heterocycles. The van der Waals surface area contributed by atoms with E-state index in [4.69, 9.17) is 4.74 Å². The third kappa shape index (κ3) is 3.11. The highest BCUT2D eigenvalue weighted by Gasteiger charge is 2.39. The Hall–Kier alpha value is -1.03. The fourth-order valence-electron chi connectivity index (χ4n) is 2.76. The standard InChI is InChI=1S/C15H20BrNO2/c1-15(2)8-4-5-11(15)14(18)17-13-9-10(19-3)6-7-12(13)16/h6-7,9,11H,4-5,8H2,1-3H3,(H,17,18). The van der Waals surface area contributed by atoms with E-state index in [0.717, 1.165) is 35.2 Å². The van der Waals surface area contributed by atoms with Crippen LogP contribution >= 0.6 is 15.9 Å². The molecule has 104 valence electrons. The molecule has 1 unspecified atom stereocenters. The normalized spacial score (nSPS) is 21.2. The number of nitrogens with one attached hydrogen (secondary N) is 1. The second-order valence-corrected chi connectivity index (χ2v) is 6.62. The number of hydrogen-bond donors (Lipinski definition) is 1. The topological polar surface area (TPSA) is 38.3 Å². The lowest BCUT2D eigenvalue weighted by atomic mass is 9.81.